The quantitative estimate of drug-likeness (QED) is 0.915. The fourth-order valence-corrected chi connectivity index (χ4v) is 1.94. The number of pyridine rings is 1. The highest BCUT2D eigenvalue weighted by molar-refractivity contribution is 6.33. The van der Waals surface area contributed by atoms with E-state index in [1.807, 2.05) is 37.3 Å². The van der Waals surface area contributed by atoms with Gasteiger partial charge in [0.15, 0.2) is 0 Å². The maximum absolute atomic E-state index is 8.94. The molecule has 0 bridgehead atoms. The summed E-state index contributed by atoms with van der Waals surface area (Å²) in [5, 5.41) is 12.8. The summed E-state index contributed by atoms with van der Waals surface area (Å²) < 4.78 is 0. The van der Waals surface area contributed by atoms with Crippen LogP contribution < -0.4 is 5.32 Å². The van der Waals surface area contributed by atoms with E-state index in [1.165, 1.54) is 0 Å². The van der Waals surface area contributed by atoms with Crippen molar-refractivity contribution in [3.05, 3.63) is 58.4 Å². The van der Waals surface area contributed by atoms with Crippen molar-refractivity contribution >= 4 is 17.3 Å². The van der Waals surface area contributed by atoms with E-state index in [-0.39, 0.29) is 0 Å². The molecule has 0 aliphatic heterocycles. The number of benzene rings is 1. The smallest absolute Gasteiger partial charge is 0.145 e. The summed E-state index contributed by atoms with van der Waals surface area (Å²) in [6.07, 6.45) is 1.61. The standard InChI is InChI=1S/C14H12ClN3/c1-10-4-5-13(12(15)7-10)18-9-11-3-2-6-17-14(11)8-16/h2-7,18H,9H2,1H3. The molecular formula is C14H12ClN3. The van der Waals surface area contributed by atoms with E-state index in [0.29, 0.717) is 17.3 Å². The van der Waals surface area contributed by atoms with E-state index >= 15 is 0 Å². The highest BCUT2D eigenvalue weighted by atomic mass is 35.5. The molecule has 0 atom stereocenters. The number of nitriles is 1. The third-order valence-corrected chi connectivity index (χ3v) is 2.90. The number of hydrogen-bond acceptors (Lipinski definition) is 3. The van der Waals surface area contributed by atoms with Crippen LogP contribution in [0.1, 0.15) is 16.8 Å². The van der Waals surface area contributed by atoms with Crippen molar-refractivity contribution in [2.45, 2.75) is 13.5 Å². The Hall–Kier alpha value is -2.05. The van der Waals surface area contributed by atoms with Crippen molar-refractivity contribution in [2.75, 3.05) is 5.32 Å². The molecule has 1 heterocycles. The van der Waals surface area contributed by atoms with Gasteiger partial charge in [-0.1, -0.05) is 23.7 Å². The van der Waals surface area contributed by atoms with Crippen LogP contribution in [0.2, 0.25) is 5.02 Å². The third-order valence-electron chi connectivity index (χ3n) is 2.59. The van der Waals surface area contributed by atoms with E-state index in [4.69, 9.17) is 16.9 Å². The van der Waals surface area contributed by atoms with E-state index in [0.717, 1.165) is 16.8 Å². The molecule has 18 heavy (non-hydrogen) atoms. The summed E-state index contributed by atoms with van der Waals surface area (Å²) in [6.45, 7) is 2.52. The number of hydrogen-bond donors (Lipinski definition) is 1. The topological polar surface area (TPSA) is 48.7 Å². The molecule has 0 unspecified atom stereocenters. The van der Waals surface area contributed by atoms with Gasteiger partial charge in [-0.15, -0.1) is 0 Å². The van der Waals surface area contributed by atoms with Crippen molar-refractivity contribution in [2.24, 2.45) is 0 Å². The Kier molecular flexibility index (Phi) is 3.81. The van der Waals surface area contributed by atoms with Crippen molar-refractivity contribution in [3.63, 3.8) is 0 Å². The van der Waals surface area contributed by atoms with Crippen LogP contribution in [-0.2, 0) is 6.54 Å². The van der Waals surface area contributed by atoms with Gasteiger partial charge in [-0.25, -0.2) is 4.98 Å². The zero-order valence-corrected chi connectivity index (χ0v) is 10.7. The lowest BCUT2D eigenvalue weighted by Crippen LogP contribution is -2.03. The van der Waals surface area contributed by atoms with Gasteiger partial charge in [0.1, 0.15) is 11.8 Å². The number of anilines is 1. The van der Waals surface area contributed by atoms with E-state index in [9.17, 15) is 0 Å². The van der Waals surface area contributed by atoms with Crippen LogP contribution in [-0.4, -0.2) is 4.98 Å². The van der Waals surface area contributed by atoms with E-state index in [2.05, 4.69) is 16.4 Å². The number of halogens is 1. The number of aryl methyl sites for hydroxylation is 1. The number of rotatable bonds is 3. The van der Waals surface area contributed by atoms with Gasteiger partial charge in [0, 0.05) is 18.3 Å². The monoisotopic (exact) mass is 257 g/mol. The van der Waals surface area contributed by atoms with Crippen LogP contribution in [0.3, 0.4) is 0 Å². The van der Waals surface area contributed by atoms with Crippen LogP contribution >= 0.6 is 11.6 Å². The normalized spacial score (nSPS) is 9.83. The van der Waals surface area contributed by atoms with Crippen LogP contribution in [0.15, 0.2) is 36.5 Å². The molecule has 4 heteroatoms. The average Bonchev–Trinajstić information content (AvgIpc) is 2.38. The average molecular weight is 258 g/mol. The summed E-state index contributed by atoms with van der Waals surface area (Å²) in [5.41, 5.74) is 3.27. The minimum atomic E-state index is 0.438. The zero-order chi connectivity index (χ0) is 13.0. The Morgan fingerprint density at radius 2 is 2.22 bits per heavy atom. The number of nitrogens with zero attached hydrogens (tertiary/aromatic N) is 2. The minimum absolute atomic E-state index is 0.438. The summed E-state index contributed by atoms with van der Waals surface area (Å²) in [4.78, 5) is 4.01. The van der Waals surface area contributed by atoms with Crippen LogP contribution in [0.25, 0.3) is 0 Å². The van der Waals surface area contributed by atoms with Crippen molar-refractivity contribution < 1.29 is 0 Å². The number of aromatic nitrogens is 1. The second kappa shape index (κ2) is 5.52. The lowest BCUT2D eigenvalue weighted by Gasteiger charge is -2.09. The maximum atomic E-state index is 8.94. The summed E-state index contributed by atoms with van der Waals surface area (Å²) in [6, 6.07) is 11.6. The van der Waals surface area contributed by atoms with Crippen LogP contribution in [0, 0.1) is 18.3 Å². The lowest BCUT2D eigenvalue weighted by atomic mass is 10.2. The van der Waals surface area contributed by atoms with Gasteiger partial charge >= 0.3 is 0 Å². The van der Waals surface area contributed by atoms with Crippen LogP contribution in [0.5, 0.6) is 0 Å². The first kappa shape index (κ1) is 12.4. The maximum Gasteiger partial charge on any atom is 0.145 e. The second-order valence-corrected chi connectivity index (χ2v) is 4.37. The second-order valence-electron chi connectivity index (χ2n) is 3.96. The largest absolute Gasteiger partial charge is 0.380 e. The summed E-state index contributed by atoms with van der Waals surface area (Å²) in [7, 11) is 0. The zero-order valence-electron chi connectivity index (χ0n) is 9.94. The van der Waals surface area contributed by atoms with Gasteiger partial charge < -0.3 is 5.32 Å². The molecule has 1 aromatic heterocycles. The molecule has 2 aromatic rings. The summed E-state index contributed by atoms with van der Waals surface area (Å²) in [5.74, 6) is 0. The molecule has 2 rings (SSSR count). The Labute approximate surface area is 111 Å². The minimum Gasteiger partial charge on any atom is -0.380 e. The molecule has 0 aliphatic carbocycles. The SMILES string of the molecule is Cc1ccc(NCc2cccnc2C#N)c(Cl)c1. The first-order chi connectivity index (χ1) is 8.70. The predicted octanol–water partition coefficient (Wildman–Crippen LogP) is 3.53. The highest BCUT2D eigenvalue weighted by Crippen LogP contribution is 2.23. The first-order valence-electron chi connectivity index (χ1n) is 5.54. The molecule has 3 nitrogen and oxygen atoms in total. The molecule has 1 aromatic carbocycles. The third kappa shape index (κ3) is 2.79. The molecule has 0 aliphatic rings. The number of nitrogens with one attached hydrogen (secondary N) is 1. The molecule has 0 radical (unpaired) electrons. The van der Waals surface area contributed by atoms with Gasteiger partial charge in [0.05, 0.1) is 10.7 Å². The molecular weight excluding hydrogens is 246 g/mol. The summed E-state index contributed by atoms with van der Waals surface area (Å²) >= 11 is 6.13. The van der Waals surface area contributed by atoms with E-state index < -0.39 is 0 Å². The van der Waals surface area contributed by atoms with Gasteiger partial charge in [-0.05, 0) is 30.7 Å². The molecule has 90 valence electrons. The molecule has 0 amide bonds. The Bertz CT molecular complexity index is 602. The van der Waals surface area contributed by atoms with Gasteiger partial charge in [0.25, 0.3) is 0 Å². The van der Waals surface area contributed by atoms with Crippen molar-refractivity contribution in [3.8, 4) is 6.07 Å². The molecule has 0 fully saturated rings. The Morgan fingerprint density at radius 1 is 1.39 bits per heavy atom. The fourth-order valence-electron chi connectivity index (χ4n) is 1.64. The van der Waals surface area contributed by atoms with Gasteiger partial charge in [-0.2, -0.15) is 5.26 Å². The molecule has 0 spiro atoms. The highest BCUT2D eigenvalue weighted by Gasteiger charge is 2.04. The molecule has 0 saturated heterocycles. The fraction of sp³-hybridized carbons (Fsp3) is 0.143. The molecule has 0 saturated carbocycles. The first-order valence-corrected chi connectivity index (χ1v) is 5.92. The lowest BCUT2D eigenvalue weighted by molar-refractivity contribution is 1.09. The predicted molar refractivity (Wildman–Crippen MR) is 72.5 cm³/mol. The molecule has 1 N–H and O–H groups in total. The van der Waals surface area contributed by atoms with Crippen LogP contribution in [0.4, 0.5) is 5.69 Å². The van der Waals surface area contributed by atoms with Crippen molar-refractivity contribution in [1.82, 2.24) is 4.98 Å². The van der Waals surface area contributed by atoms with E-state index in [1.54, 1.807) is 6.20 Å². The Morgan fingerprint density at radius 3 is 2.94 bits per heavy atom. The Balaban J connectivity index is 2.14. The van der Waals surface area contributed by atoms with Gasteiger partial charge in [-0.3, -0.25) is 0 Å². The van der Waals surface area contributed by atoms with Gasteiger partial charge in [0.2, 0.25) is 0 Å². The van der Waals surface area contributed by atoms with Crippen molar-refractivity contribution in [1.29, 1.82) is 5.26 Å².